The molecule has 0 fully saturated rings. The normalized spacial score (nSPS) is 20.1. The molecule has 1 N–H and O–H groups in total. The minimum Gasteiger partial charge on any atom is -0.303 e. The summed E-state index contributed by atoms with van der Waals surface area (Å²) in [5.74, 6) is 0. The highest BCUT2D eigenvalue weighted by molar-refractivity contribution is 8.13. The van der Waals surface area contributed by atoms with Gasteiger partial charge in [-0.25, -0.2) is 0 Å². The van der Waals surface area contributed by atoms with Crippen molar-refractivity contribution in [3.8, 4) is 0 Å². The lowest BCUT2D eigenvalue weighted by molar-refractivity contribution is 0.891. The maximum absolute atomic E-state index is 6.11. The van der Waals surface area contributed by atoms with E-state index in [0.717, 1.165) is 11.3 Å². The SMILES string of the molecule is CNC1SC=NN=C1c1ccccc1Cl. The number of thioether (sulfide) groups is 1. The summed E-state index contributed by atoms with van der Waals surface area (Å²) >= 11 is 7.69. The van der Waals surface area contributed by atoms with Gasteiger partial charge in [0.25, 0.3) is 0 Å². The van der Waals surface area contributed by atoms with Gasteiger partial charge in [-0.05, 0) is 13.1 Å². The first-order valence-electron chi connectivity index (χ1n) is 4.50. The molecule has 1 aliphatic rings. The number of nitrogens with one attached hydrogen (secondary N) is 1. The van der Waals surface area contributed by atoms with Gasteiger partial charge in [-0.3, -0.25) is 0 Å². The third kappa shape index (κ3) is 2.22. The van der Waals surface area contributed by atoms with Crippen LogP contribution in [0.15, 0.2) is 34.5 Å². The van der Waals surface area contributed by atoms with Gasteiger partial charge in [0, 0.05) is 10.6 Å². The Balaban J connectivity index is 2.41. The average Bonchev–Trinajstić information content (AvgIpc) is 2.30. The molecule has 0 bridgehead atoms. The lowest BCUT2D eigenvalue weighted by atomic mass is 10.1. The van der Waals surface area contributed by atoms with Crippen molar-refractivity contribution >= 4 is 34.6 Å². The summed E-state index contributed by atoms with van der Waals surface area (Å²) in [5, 5.41) is 12.0. The van der Waals surface area contributed by atoms with E-state index in [1.54, 1.807) is 17.3 Å². The van der Waals surface area contributed by atoms with E-state index < -0.39 is 0 Å². The Hall–Kier alpha value is -0.840. The fourth-order valence-corrected chi connectivity index (χ4v) is 2.25. The van der Waals surface area contributed by atoms with Gasteiger partial charge in [-0.1, -0.05) is 41.6 Å². The Labute approximate surface area is 97.6 Å². The molecule has 0 spiro atoms. The lowest BCUT2D eigenvalue weighted by Gasteiger charge is -2.18. The largest absolute Gasteiger partial charge is 0.303 e. The molecule has 0 saturated heterocycles. The van der Waals surface area contributed by atoms with Crippen LogP contribution in [0.1, 0.15) is 5.56 Å². The summed E-state index contributed by atoms with van der Waals surface area (Å²) in [6.45, 7) is 0. The standard InChI is InChI=1S/C10H10ClN3S/c1-12-10-9(14-13-6-15-10)7-4-2-3-5-8(7)11/h2-6,10,12H,1H3. The van der Waals surface area contributed by atoms with Crippen molar-refractivity contribution < 1.29 is 0 Å². The molecule has 2 rings (SSSR count). The molecule has 0 aromatic heterocycles. The number of hydrogen-bond acceptors (Lipinski definition) is 4. The smallest absolute Gasteiger partial charge is 0.104 e. The zero-order chi connectivity index (χ0) is 10.7. The Morgan fingerprint density at radius 3 is 2.93 bits per heavy atom. The molecule has 0 radical (unpaired) electrons. The number of rotatable bonds is 2. The number of benzene rings is 1. The Bertz CT molecular complexity index is 417. The number of halogens is 1. The highest BCUT2D eigenvalue weighted by Gasteiger charge is 2.20. The van der Waals surface area contributed by atoms with Crippen molar-refractivity contribution in [2.45, 2.75) is 5.37 Å². The third-order valence-corrected chi connectivity index (χ3v) is 3.35. The molecular weight excluding hydrogens is 230 g/mol. The second kappa shape index (κ2) is 4.79. The van der Waals surface area contributed by atoms with Gasteiger partial charge >= 0.3 is 0 Å². The van der Waals surface area contributed by atoms with E-state index in [0.29, 0.717) is 5.02 Å². The molecule has 1 aromatic carbocycles. The third-order valence-electron chi connectivity index (χ3n) is 2.07. The van der Waals surface area contributed by atoms with E-state index in [1.165, 1.54) is 0 Å². The maximum atomic E-state index is 6.11. The molecule has 1 atom stereocenters. The molecule has 0 aliphatic carbocycles. The first-order valence-corrected chi connectivity index (χ1v) is 5.82. The second-order valence-electron chi connectivity index (χ2n) is 2.99. The van der Waals surface area contributed by atoms with Gasteiger partial charge in [-0.15, -0.1) is 0 Å². The molecule has 78 valence electrons. The highest BCUT2D eigenvalue weighted by Crippen LogP contribution is 2.22. The van der Waals surface area contributed by atoms with Crippen LogP contribution in [-0.2, 0) is 0 Å². The molecular formula is C10H10ClN3S. The predicted octanol–water partition coefficient (Wildman–Crippen LogP) is 2.36. The summed E-state index contributed by atoms with van der Waals surface area (Å²) < 4.78 is 0. The zero-order valence-electron chi connectivity index (χ0n) is 8.14. The van der Waals surface area contributed by atoms with Crippen LogP contribution in [0.5, 0.6) is 0 Å². The molecule has 1 aromatic rings. The Kier molecular flexibility index (Phi) is 3.41. The van der Waals surface area contributed by atoms with Gasteiger partial charge in [0.05, 0.1) is 11.3 Å². The number of hydrogen-bond donors (Lipinski definition) is 1. The fraction of sp³-hybridized carbons (Fsp3) is 0.200. The minimum absolute atomic E-state index is 0.113. The number of likely N-dealkylation sites (N-methyl/N-ethyl adjacent to an activating group) is 1. The van der Waals surface area contributed by atoms with Crippen molar-refractivity contribution in [2.24, 2.45) is 10.2 Å². The van der Waals surface area contributed by atoms with E-state index in [-0.39, 0.29) is 5.37 Å². The van der Waals surface area contributed by atoms with Crippen LogP contribution in [0, 0.1) is 0 Å². The van der Waals surface area contributed by atoms with E-state index in [1.807, 2.05) is 31.3 Å². The van der Waals surface area contributed by atoms with Gasteiger partial charge in [0.2, 0.25) is 0 Å². The molecule has 1 heterocycles. The van der Waals surface area contributed by atoms with Gasteiger partial charge < -0.3 is 5.32 Å². The Morgan fingerprint density at radius 1 is 1.40 bits per heavy atom. The summed E-state index contributed by atoms with van der Waals surface area (Å²) in [6, 6.07) is 7.65. The quantitative estimate of drug-likeness (QED) is 0.860. The van der Waals surface area contributed by atoms with E-state index >= 15 is 0 Å². The van der Waals surface area contributed by atoms with Crippen molar-refractivity contribution in [2.75, 3.05) is 7.05 Å². The molecule has 0 amide bonds. The van der Waals surface area contributed by atoms with E-state index in [4.69, 9.17) is 11.6 Å². The van der Waals surface area contributed by atoms with Gasteiger partial charge in [0.15, 0.2) is 0 Å². The topological polar surface area (TPSA) is 36.8 Å². The Morgan fingerprint density at radius 2 is 2.20 bits per heavy atom. The number of nitrogens with zero attached hydrogens (tertiary/aromatic N) is 2. The van der Waals surface area contributed by atoms with Crippen LogP contribution in [0.25, 0.3) is 0 Å². The average molecular weight is 240 g/mol. The summed E-state index contributed by atoms with van der Waals surface area (Å²) in [4.78, 5) is 0. The molecule has 3 nitrogen and oxygen atoms in total. The fourth-order valence-electron chi connectivity index (χ4n) is 1.36. The molecule has 15 heavy (non-hydrogen) atoms. The van der Waals surface area contributed by atoms with Crippen LogP contribution in [0.3, 0.4) is 0 Å². The predicted molar refractivity (Wildman–Crippen MR) is 66.9 cm³/mol. The zero-order valence-corrected chi connectivity index (χ0v) is 9.72. The molecule has 1 aliphatic heterocycles. The second-order valence-corrected chi connectivity index (χ2v) is 4.35. The van der Waals surface area contributed by atoms with Gasteiger partial charge in [0.1, 0.15) is 5.37 Å². The summed E-state index contributed by atoms with van der Waals surface area (Å²) in [7, 11) is 1.89. The maximum Gasteiger partial charge on any atom is 0.104 e. The monoisotopic (exact) mass is 239 g/mol. The van der Waals surface area contributed by atoms with E-state index in [2.05, 4.69) is 15.5 Å². The highest BCUT2D eigenvalue weighted by atomic mass is 35.5. The molecule has 1 unspecified atom stereocenters. The van der Waals surface area contributed by atoms with Crippen molar-refractivity contribution in [1.82, 2.24) is 5.32 Å². The van der Waals surface area contributed by atoms with E-state index in [9.17, 15) is 0 Å². The van der Waals surface area contributed by atoms with Crippen LogP contribution in [-0.4, -0.2) is 23.7 Å². The van der Waals surface area contributed by atoms with Crippen LogP contribution >= 0.6 is 23.4 Å². The minimum atomic E-state index is 0.113. The van der Waals surface area contributed by atoms with Crippen molar-refractivity contribution in [3.63, 3.8) is 0 Å². The van der Waals surface area contributed by atoms with Crippen LogP contribution < -0.4 is 5.32 Å². The first-order chi connectivity index (χ1) is 7.33. The van der Waals surface area contributed by atoms with Crippen LogP contribution in [0.4, 0.5) is 0 Å². The van der Waals surface area contributed by atoms with Crippen molar-refractivity contribution in [3.05, 3.63) is 34.9 Å². The molecule has 0 saturated carbocycles. The first kappa shape index (κ1) is 10.7. The molecule has 5 heteroatoms. The lowest BCUT2D eigenvalue weighted by Crippen LogP contribution is -2.33. The summed E-state index contributed by atoms with van der Waals surface area (Å²) in [6.07, 6.45) is 0. The summed E-state index contributed by atoms with van der Waals surface area (Å²) in [5.41, 5.74) is 3.53. The van der Waals surface area contributed by atoms with Crippen LogP contribution in [0.2, 0.25) is 5.02 Å². The van der Waals surface area contributed by atoms with Crippen molar-refractivity contribution in [1.29, 1.82) is 0 Å². The van der Waals surface area contributed by atoms with Gasteiger partial charge in [-0.2, -0.15) is 10.2 Å².